The molecule has 6 heteroatoms. The van der Waals surface area contributed by atoms with Crippen molar-refractivity contribution in [2.75, 3.05) is 26.2 Å². The molecule has 1 N–H and O–H groups in total. The Morgan fingerprint density at radius 1 is 1.35 bits per heavy atom. The van der Waals surface area contributed by atoms with E-state index in [-0.39, 0.29) is 30.9 Å². The fourth-order valence-corrected chi connectivity index (χ4v) is 3.23. The first-order chi connectivity index (χ1) is 9.69. The largest absolute Gasteiger partial charge is 0.459 e. The maximum Gasteiger partial charge on any atom is 0.289 e. The molecule has 0 unspecified atom stereocenters. The van der Waals surface area contributed by atoms with Gasteiger partial charge < -0.3 is 19.3 Å². The quantitative estimate of drug-likeness (QED) is 0.865. The van der Waals surface area contributed by atoms with Crippen LogP contribution in [0.5, 0.6) is 0 Å². The number of rotatable bonds is 3. The second kappa shape index (κ2) is 5.28. The van der Waals surface area contributed by atoms with Crippen LogP contribution in [0.25, 0.3) is 0 Å². The van der Waals surface area contributed by atoms with Crippen molar-refractivity contribution in [1.29, 1.82) is 0 Å². The van der Waals surface area contributed by atoms with Crippen LogP contribution < -0.4 is 0 Å². The molecular weight excluding hydrogens is 260 g/mol. The number of hydrogen-bond acceptors (Lipinski definition) is 4. The minimum atomic E-state index is -0.123. The number of aliphatic hydroxyl groups is 1. The molecule has 2 fully saturated rings. The molecule has 0 aliphatic carbocycles. The number of likely N-dealkylation sites (tertiary alicyclic amines) is 2. The predicted octanol–water partition coefficient (Wildman–Crippen LogP) is 0.335. The van der Waals surface area contributed by atoms with Crippen LogP contribution in [0.3, 0.4) is 0 Å². The Kier molecular flexibility index (Phi) is 3.48. The Morgan fingerprint density at radius 2 is 2.20 bits per heavy atom. The smallest absolute Gasteiger partial charge is 0.289 e. The number of nitrogens with zero attached hydrogens (tertiary/aromatic N) is 2. The van der Waals surface area contributed by atoms with Gasteiger partial charge in [-0.3, -0.25) is 9.59 Å². The molecule has 0 saturated carbocycles. The molecule has 0 spiro atoms. The zero-order chi connectivity index (χ0) is 14.1. The van der Waals surface area contributed by atoms with E-state index in [9.17, 15) is 9.59 Å². The topological polar surface area (TPSA) is 74.0 Å². The molecule has 2 saturated heterocycles. The van der Waals surface area contributed by atoms with E-state index in [1.54, 1.807) is 17.0 Å². The van der Waals surface area contributed by atoms with Crippen molar-refractivity contribution in [3.8, 4) is 0 Å². The highest BCUT2D eigenvalue weighted by atomic mass is 16.3. The number of piperidine rings is 1. The summed E-state index contributed by atoms with van der Waals surface area (Å²) in [6.45, 7) is 1.78. The van der Waals surface area contributed by atoms with Gasteiger partial charge >= 0.3 is 0 Å². The molecule has 2 aliphatic rings. The number of carbonyl (C=O) groups is 2. The summed E-state index contributed by atoms with van der Waals surface area (Å²) < 4.78 is 5.15. The first-order valence-electron chi connectivity index (χ1n) is 6.92. The summed E-state index contributed by atoms with van der Waals surface area (Å²) in [5, 5.41) is 8.88. The Bertz CT molecular complexity index is 499. The zero-order valence-electron chi connectivity index (χ0n) is 11.2. The minimum absolute atomic E-state index is 0.0210. The van der Waals surface area contributed by atoms with Crippen LogP contribution >= 0.6 is 0 Å². The molecule has 0 aromatic carbocycles. The molecule has 1 aromatic heterocycles. The standard InChI is InChI=1S/C14H18N2O4/c17-4-3-13(18)16-8-10-6-11(16)9-15(7-10)14(19)12-2-1-5-20-12/h1-2,5,10-11,17H,3-4,6-9H2/t10-,11+/m0/s1. The lowest BCUT2D eigenvalue weighted by molar-refractivity contribution is -0.132. The van der Waals surface area contributed by atoms with Crippen LogP contribution in [0.2, 0.25) is 0 Å². The molecule has 1 aromatic rings. The molecule has 108 valence electrons. The van der Waals surface area contributed by atoms with E-state index in [2.05, 4.69) is 0 Å². The molecule has 2 bridgehead atoms. The van der Waals surface area contributed by atoms with Gasteiger partial charge in [0.15, 0.2) is 5.76 Å². The van der Waals surface area contributed by atoms with Gasteiger partial charge in [0.2, 0.25) is 5.91 Å². The number of carbonyl (C=O) groups excluding carboxylic acids is 2. The Morgan fingerprint density at radius 3 is 2.90 bits per heavy atom. The first-order valence-corrected chi connectivity index (χ1v) is 6.92. The highest BCUT2D eigenvalue weighted by molar-refractivity contribution is 5.91. The van der Waals surface area contributed by atoms with Crippen molar-refractivity contribution in [2.24, 2.45) is 5.92 Å². The van der Waals surface area contributed by atoms with Gasteiger partial charge in [-0.05, 0) is 24.5 Å². The second-order valence-corrected chi connectivity index (χ2v) is 5.46. The molecule has 2 atom stereocenters. The van der Waals surface area contributed by atoms with E-state index in [1.807, 2.05) is 4.90 Å². The normalized spacial score (nSPS) is 25.1. The number of aliphatic hydroxyl groups excluding tert-OH is 1. The lowest BCUT2D eigenvalue weighted by atomic mass is 10.00. The molecular formula is C14H18N2O4. The average molecular weight is 278 g/mol. The fraction of sp³-hybridized carbons (Fsp3) is 0.571. The molecule has 20 heavy (non-hydrogen) atoms. The summed E-state index contributed by atoms with van der Waals surface area (Å²) in [7, 11) is 0. The highest BCUT2D eigenvalue weighted by Crippen LogP contribution is 2.30. The van der Waals surface area contributed by atoms with Crippen molar-refractivity contribution >= 4 is 11.8 Å². The van der Waals surface area contributed by atoms with Crippen molar-refractivity contribution in [3.05, 3.63) is 24.2 Å². The van der Waals surface area contributed by atoms with Gasteiger partial charge in [0.05, 0.1) is 12.9 Å². The van der Waals surface area contributed by atoms with Gasteiger partial charge in [-0.15, -0.1) is 0 Å². The van der Waals surface area contributed by atoms with Crippen LogP contribution in [-0.4, -0.2) is 59.0 Å². The summed E-state index contributed by atoms with van der Waals surface area (Å²) in [4.78, 5) is 27.8. The van der Waals surface area contributed by atoms with Crippen LogP contribution in [0.1, 0.15) is 23.4 Å². The van der Waals surface area contributed by atoms with Crippen LogP contribution in [0.15, 0.2) is 22.8 Å². The van der Waals surface area contributed by atoms with Crippen LogP contribution in [0, 0.1) is 5.92 Å². The Labute approximate surface area is 117 Å². The van der Waals surface area contributed by atoms with E-state index < -0.39 is 0 Å². The van der Waals surface area contributed by atoms with E-state index in [0.717, 1.165) is 6.42 Å². The van der Waals surface area contributed by atoms with Gasteiger partial charge in [-0.2, -0.15) is 0 Å². The fourth-order valence-electron chi connectivity index (χ4n) is 3.23. The Hall–Kier alpha value is -1.82. The summed E-state index contributed by atoms with van der Waals surface area (Å²) in [5.41, 5.74) is 0. The molecule has 6 nitrogen and oxygen atoms in total. The third kappa shape index (κ3) is 2.31. The highest BCUT2D eigenvalue weighted by Gasteiger charge is 2.42. The van der Waals surface area contributed by atoms with Gasteiger partial charge in [0.1, 0.15) is 0 Å². The van der Waals surface area contributed by atoms with Crippen molar-refractivity contribution < 1.29 is 19.1 Å². The van der Waals surface area contributed by atoms with Gasteiger partial charge in [-0.1, -0.05) is 0 Å². The number of furan rings is 1. The summed E-state index contributed by atoms with van der Waals surface area (Å²) in [6.07, 6.45) is 2.59. The lowest BCUT2D eigenvalue weighted by Crippen LogP contribution is -2.46. The SMILES string of the molecule is O=C(c1ccco1)N1C[C@@H]2C[C@H](C1)N(C(=O)CCO)C2. The maximum absolute atomic E-state index is 12.3. The van der Waals surface area contributed by atoms with Gasteiger partial charge in [0.25, 0.3) is 5.91 Å². The molecule has 2 amide bonds. The number of fused-ring (bicyclic) bond motifs is 2. The third-order valence-electron chi connectivity index (χ3n) is 4.08. The van der Waals surface area contributed by atoms with Crippen LogP contribution in [-0.2, 0) is 4.79 Å². The minimum Gasteiger partial charge on any atom is -0.459 e. The van der Waals surface area contributed by atoms with E-state index in [4.69, 9.17) is 9.52 Å². The molecule has 3 rings (SSSR count). The first kappa shape index (κ1) is 13.2. The maximum atomic E-state index is 12.3. The van der Waals surface area contributed by atoms with Crippen molar-refractivity contribution in [1.82, 2.24) is 9.80 Å². The average Bonchev–Trinajstić information content (AvgIpc) is 3.06. The molecule has 2 aliphatic heterocycles. The van der Waals surface area contributed by atoms with E-state index in [1.165, 1.54) is 6.26 Å². The molecule has 3 heterocycles. The summed E-state index contributed by atoms with van der Waals surface area (Å²) >= 11 is 0. The van der Waals surface area contributed by atoms with Crippen LogP contribution in [0.4, 0.5) is 0 Å². The second-order valence-electron chi connectivity index (χ2n) is 5.46. The predicted molar refractivity (Wildman–Crippen MR) is 69.9 cm³/mol. The zero-order valence-corrected chi connectivity index (χ0v) is 11.2. The summed E-state index contributed by atoms with van der Waals surface area (Å²) in [6, 6.07) is 3.43. The number of amides is 2. The monoisotopic (exact) mass is 278 g/mol. The third-order valence-corrected chi connectivity index (χ3v) is 4.08. The summed E-state index contributed by atoms with van der Waals surface area (Å²) in [5.74, 6) is 0.545. The lowest BCUT2D eigenvalue weighted by Gasteiger charge is -2.32. The van der Waals surface area contributed by atoms with Crippen molar-refractivity contribution in [3.63, 3.8) is 0 Å². The van der Waals surface area contributed by atoms with Gasteiger partial charge in [0, 0.05) is 32.1 Å². The van der Waals surface area contributed by atoms with Crippen molar-refractivity contribution in [2.45, 2.75) is 18.9 Å². The number of hydrogen-bond donors (Lipinski definition) is 1. The molecule has 0 radical (unpaired) electrons. The Balaban J connectivity index is 1.69. The van der Waals surface area contributed by atoms with E-state index in [0.29, 0.717) is 31.3 Å². The van der Waals surface area contributed by atoms with E-state index >= 15 is 0 Å². The van der Waals surface area contributed by atoms with Gasteiger partial charge in [-0.25, -0.2) is 0 Å².